The Morgan fingerprint density at radius 2 is 2.25 bits per heavy atom. The summed E-state index contributed by atoms with van der Waals surface area (Å²) in [6.07, 6.45) is 2.21. The Kier molecular flexibility index (Phi) is 2.69. The molecule has 0 aliphatic rings. The summed E-state index contributed by atoms with van der Waals surface area (Å²) in [6.45, 7) is 1.59. The molecular formula is C4H3O3Rh-. The zero-order valence-corrected chi connectivity index (χ0v) is 5.70. The van der Waals surface area contributed by atoms with Gasteiger partial charge in [0.25, 0.3) is 0 Å². The Morgan fingerprint density at radius 3 is 2.38 bits per heavy atom. The Hall–Kier alpha value is -0.367. The van der Waals surface area contributed by atoms with Crippen LogP contribution in [0.2, 0.25) is 0 Å². The molecular weight excluding hydrogens is 199 g/mol. The molecule has 0 saturated carbocycles. The molecule has 47 valence electrons. The van der Waals surface area contributed by atoms with Gasteiger partial charge in [0.05, 0.1) is 0 Å². The van der Waals surface area contributed by atoms with Crippen molar-refractivity contribution in [2.75, 3.05) is 0 Å². The van der Waals surface area contributed by atoms with Crippen molar-refractivity contribution in [2.45, 2.75) is 6.92 Å². The fourth-order valence-corrected chi connectivity index (χ4v) is 0.280. The second kappa shape index (κ2) is 2.82. The van der Waals surface area contributed by atoms with Gasteiger partial charge in [0.1, 0.15) is 0 Å². The van der Waals surface area contributed by atoms with Crippen LogP contribution in [0.25, 0.3) is 0 Å². The molecule has 0 aliphatic heterocycles. The number of aryl methyl sites for hydroxylation is 1. The number of hydrogen-bond acceptors (Lipinski definition) is 3. The van der Waals surface area contributed by atoms with Crippen molar-refractivity contribution in [3.05, 3.63) is 22.6 Å². The van der Waals surface area contributed by atoms with Crippen molar-refractivity contribution in [1.29, 1.82) is 0 Å². The summed E-state index contributed by atoms with van der Waals surface area (Å²) in [5.74, 6) is -0.317. The first-order chi connectivity index (χ1) is 3.29. The van der Waals surface area contributed by atoms with E-state index in [2.05, 4.69) is 15.1 Å². The van der Waals surface area contributed by atoms with E-state index in [1.54, 1.807) is 6.92 Å². The third kappa shape index (κ3) is 1.62. The van der Waals surface area contributed by atoms with Gasteiger partial charge in [0, 0.05) is 25.2 Å². The molecule has 0 saturated heterocycles. The van der Waals surface area contributed by atoms with Crippen LogP contribution >= 0.6 is 0 Å². The van der Waals surface area contributed by atoms with Crippen LogP contribution < -0.4 is 5.82 Å². The monoisotopic (exact) mass is 202 g/mol. The molecule has 1 aromatic heterocycles. The summed E-state index contributed by atoms with van der Waals surface area (Å²) < 4.78 is 8.42. The van der Waals surface area contributed by atoms with E-state index in [0.717, 1.165) is 0 Å². The van der Waals surface area contributed by atoms with E-state index >= 15 is 0 Å². The zero-order chi connectivity index (χ0) is 5.28. The average molecular weight is 202 g/mol. The molecule has 4 heteroatoms. The van der Waals surface area contributed by atoms with Crippen LogP contribution in [0.1, 0.15) is 5.76 Å². The van der Waals surface area contributed by atoms with Crippen molar-refractivity contribution in [3.63, 3.8) is 0 Å². The van der Waals surface area contributed by atoms with E-state index < -0.39 is 5.82 Å². The molecule has 3 nitrogen and oxygen atoms in total. The second-order valence-corrected chi connectivity index (χ2v) is 1.11. The molecule has 0 N–H and O–H groups in total. The fourth-order valence-electron chi connectivity index (χ4n) is 0.280. The van der Waals surface area contributed by atoms with E-state index in [1.165, 1.54) is 0 Å². The van der Waals surface area contributed by atoms with Gasteiger partial charge in [-0.2, -0.15) is 0 Å². The van der Waals surface area contributed by atoms with Gasteiger partial charge in [-0.3, -0.25) is 0 Å². The van der Waals surface area contributed by atoms with Crippen molar-refractivity contribution in [1.82, 2.24) is 0 Å². The normalized spacial score (nSPS) is 8.12. The van der Waals surface area contributed by atoms with E-state index in [1.807, 2.05) is 0 Å². The first kappa shape index (κ1) is 7.63. The summed E-state index contributed by atoms with van der Waals surface area (Å²) in [7, 11) is 0. The van der Waals surface area contributed by atoms with Gasteiger partial charge < -0.3 is 13.6 Å². The molecule has 1 radical (unpaired) electrons. The van der Waals surface area contributed by atoms with Crippen molar-refractivity contribution >= 4 is 0 Å². The van der Waals surface area contributed by atoms with Crippen LogP contribution in [-0.4, -0.2) is 0 Å². The van der Waals surface area contributed by atoms with Crippen molar-refractivity contribution in [3.8, 4) is 0 Å². The van der Waals surface area contributed by atoms with Gasteiger partial charge in [-0.1, -0.05) is 0 Å². The Morgan fingerprint density at radius 1 is 1.62 bits per heavy atom. The second-order valence-electron chi connectivity index (χ2n) is 1.11. The average Bonchev–Trinajstić information content (AvgIpc) is 1.87. The van der Waals surface area contributed by atoms with Gasteiger partial charge in [0.15, 0.2) is 0 Å². The maximum Gasteiger partial charge on any atom is 0.345 e. The van der Waals surface area contributed by atoms with Crippen LogP contribution in [-0.2, 0) is 19.5 Å². The zero-order valence-electron chi connectivity index (χ0n) is 4.06. The number of hydrogen-bond donors (Lipinski definition) is 0. The molecule has 1 heterocycles. The van der Waals surface area contributed by atoms with Gasteiger partial charge in [-0.15, -0.1) is 0 Å². The maximum atomic E-state index is 9.93. The third-order valence-corrected chi connectivity index (χ3v) is 0.515. The minimum absolute atomic E-state index is 0. The van der Waals surface area contributed by atoms with E-state index in [9.17, 15) is 4.79 Å². The van der Waals surface area contributed by atoms with Crippen LogP contribution in [0.3, 0.4) is 0 Å². The molecule has 0 aliphatic carbocycles. The van der Waals surface area contributed by atoms with Crippen LogP contribution in [0.4, 0.5) is 0 Å². The molecule has 0 unspecified atom stereocenters. The predicted molar refractivity (Wildman–Crippen MR) is 20.8 cm³/mol. The standard InChI is InChI=1S/C4H3O3.Rh/c1-3-2-6-4(5)7-3;/h1H3;/q-1;. The SMILES string of the molecule is Cc1[c-]oc(=O)o1.[Rh]. The Bertz CT molecular complexity index is 199. The topological polar surface area (TPSA) is 43.4 Å². The van der Waals surface area contributed by atoms with Gasteiger partial charge in [0.2, 0.25) is 0 Å². The summed E-state index contributed by atoms with van der Waals surface area (Å²) >= 11 is 0. The predicted octanol–water partition coefficient (Wildman–Crippen LogP) is 0.339. The van der Waals surface area contributed by atoms with Gasteiger partial charge >= 0.3 is 5.82 Å². The van der Waals surface area contributed by atoms with E-state index in [0.29, 0.717) is 5.76 Å². The molecule has 1 aromatic rings. The molecule has 0 aromatic carbocycles. The summed E-state index contributed by atoms with van der Waals surface area (Å²) in [5.41, 5.74) is 0. The van der Waals surface area contributed by atoms with E-state index in [4.69, 9.17) is 0 Å². The largest absolute Gasteiger partial charge is 0.585 e. The van der Waals surface area contributed by atoms with Crippen LogP contribution in [0.15, 0.2) is 13.6 Å². The summed E-state index contributed by atoms with van der Waals surface area (Å²) in [4.78, 5) is 9.93. The maximum absolute atomic E-state index is 9.93. The molecule has 0 atom stereocenters. The summed E-state index contributed by atoms with van der Waals surface area (Å²) in [6, 6.07) is 0. The smallest absolute Gasteiger partial charge is 0.345 e. The van der Waals surface area contributed by atoms with Gasteiger partial charge in [-0.25, -0.2) is 0 Å². The first-order valence-corrected chi connectivity index (χ1v) is 1.77. The molecule has 0 fully saturated rings. The molecule has 0 amide bonds. The molecule has 0 spiro atoms. The van der Waals surface area contributed by atoms with Gasteiger partial charge in [-0.05, 0) is 13.2 Å². The van der Waals surface area contributed by atoms with E-state index in [-0.39, 0.29) is 19.5 Å². The molecule has 0 bridgehead atoms. The quantitative estimate of drug-likeness (QED) is 0.450. The van der Waals surface area contributed by atoms with Crippen molar-refractivity contribution in [2.24, 2.45) is 0 Å². The van der Waals surface area contributed by atoms with Crippen LogP contribution in [0, 0.1) is 13.2 Å². The minimum atomic E-state index is -0.697. The Labute approximate surface area is 58.4 Å². The number of rotatable bonds is 0. The molecule has 1 rings (SSSR count). The molecule has 8 heavy (non-hydrogen) atoms. The minimum Gasteiger partial charge on any atom is -0.585 e. The van der Waals surface area contributed by atoms with Crippen molar-refractivity contribution < 1.29 is 28.3 Å². The summed E-state index contributed by atoms with van der Waals surface area (Å²) in [5, 5.41) is 0. The fraction of sp³-hybridized carbons (Fsp3) is 0.250. The Balaban J connectivity index is 0.000000490. The third-order valence-electron chi connectivity index (χ3n) is 0.515. The van der Waals surface area contributed by atoms with Crippen LogP contribution in [0.5, 0.6) is 0 Å². The first-order valence-electron chi connectivity index (χ1n) is 1.77.